The summed E-state index contributed by atoms with van der Waals surface area (Å²) < 4.78 is 22.9. The van der Waals surface area contributed by atoms with E-state index < -0.39 is 9.84 Å². The van der Waals surface area contributed by atoms with Crippen LogP contribution in [0.5, 0.6) is 0 Å². The molecule has 1 aromatic carbocycles. The largest absolute Gasteiger partial charge is 0.356 e. The minimum absolute atomic E-state index is 0. The topological polar surface area (TPSA) is 83.5 Å². The molecule has 0 saturated carbocycles. The van der Waals surface area contributed by atoms with E-state index in [4.69, 9.17) is 0 Å². The molecule has 0 aliphatic rings. The van der Waals surface area contributed by atoms with Crippen LogP contribution < -0.4 is 10.6 Å². The van der Waals surface area contributed by atoms with Gasteiger partial charge in [-0.25, -0.2) is 13.4 Å². The van der Waals surface area contributed by atoms with E-state index in [-0.39, 0.29) is 24.0 Å². The third-order valence-electron chi connectivity index (χ3n) is 3.58. The predicted octanol–water partition coefficient (Wildman–Crippen LogP) is 2.42. The average molecular weight is 508 g/mol. The van der Waals surface area contributed by atoms with E-state index >= 15 is 0 Å². The number of nitrogens with zero attached hydrogens (tertiary/aromatic N) is 2. The van der Waals surface area contributed by atoms with E-state index in [9.17, 15) is 8.42 Å². The molecule has 144 valence electrons. The van der Waals surface area contributed by atoms with Crippen LogP contribution >= 0.6 is 35.3 Å². The lowest BCUT2D eigenvalue weighted by Crippen LogP contribution is -2.39. The van der Waals surface area contributed by atoms with Crippen molar-refractivity contribution in [3.8, 4) is 0 Å². The highest BCUT2D eigenvalue weighted by molar-refractivity contribution is 14.0. The number of benzene rings is 1. The Kier molecular flexibility index (Phi) is 9.51. The molecule has 6 nitrogen and oxygen atoms in total. The normalized spacial score (nSPS) is 11.7. The highest BCUT2D eigenvalue weighted by atomic mass is 127. The van der Waals surface area contributed by atoms with Crippen molar-refractivity contribution in [2.24, 2.45) is 4.99 Å². The molecule has 0 aliphatic heterocycles. The highest BCUT2D eigenvalue weighted by Crippen LogP contribution is 2.11. The molecular formula is C17H25IN4O2S2. The summed E-state index contributed by atoms with van der Waals surface area (Å²) in [6, 6.07) is 6.99. The summed E-state index contributed by atoms with van der Waals surface area (Å²) in [7, 11) is -1.40. The number of halogens is 1. The second-order valence-electron chi connectivity index (χ2n) is 5.71. The molecule has 1 heterocycles. The van der Waals surface area contributed by atoms with Crippen LogP contribution in [0.3, 0.4) is 0 Å². The summed E-state index contributed by atoms with van der Waals surface area (Å²) in [5.74, 6) is 0.751. The second-order valence-corrected chi connectivity index (χ2v) is 9.04. The van der Waals surface area contributed by atoms with Crippen LogP contribution in [0.1, 0.15) is 15.4 Å². The summed E-state index contributed by atoms with van der Waals surface area (Å²) in [6.07, 6.45) is 4.76. The van der Waals surface area contributed by atoms with Crippen molar-refractivity contribution < 1.29 is 8.42 Å². The lowest BCUT2D eigenvalue weighted by molar-refractivity contribution is 0.602. The van der Waals surface area contributed by atoms with Gasteiger partial charge >= 0.3 is 0 Å². The SMILES string of the molecule is CN=C(NCCc1ccc(S(C)(=O)=O)cc1)NCCc1ncc(C)s1.I. The number of aromatic nitrogens is 1. The number of nitrogens with one attached hydrogen (secondary N) is 2. The van der Waals surface area contributed by atoms with E-state index in [1.807, 2.05) is 18.3 Å². The van der Waals surface area contributed by atoms with Crippen molar-refractivity contribution in [2.45, 2.75) is 24.7 Å². The van der Waals surface area contributed by atoms with Gasteiger partial charge in [-0.1, -0.05) is 12.1 Å². The minimum Gasteiger partial charge on any atom is -0.356 e. The number of sulfone groups is 1. The van der Waals surface area contributed by atoms with Crippen molar-refractivity contribution >= 4 is 51.1 Å². The quantitative estimate of drug-likeness (QED) is 0.341. The Morgan fingerprint density at radius 3 is 2.27 bits per heavy atom. The molecular weight excluding hydrogens is 483 g/mol. The molecule has 0 saturated heterocycles. The zero-order valence-electron chi connectivity index (χ0n) is 15.2. The summed E-state index contributed by atoms with van der Waals surface area (Å²) in [5.41, 5.74) is 1.08. The Balaban J connectivity index is 0.00000338. The minimum atomic E-state index is -3.14. The van der Waals surface area contributed by atoms with Gasteiger partial charge in [-0.2, -0.15) is 0 Å². The molecule has 0 amide bonds. The Labute approximate surface area is 176 Å². The molecule has 0 unspecified atom stereocenters. The number of hydrogen-bond donors (Lipinski definition) is 2. The van der Waals surface area contributed by atoms with Gasteiger partial charge in [0.25, 0.3) is 0 Å². The molecule has 2 aromatic rings. The van der Waals surface area contributed by atoms with E-state index in [1.165, 1.54) is 11.1 Å². The van der Waals surface area contributed by atoms with Gasteiger partial charge in [0.1, 0.15) is 0 Å². The molecule has 0 bridgehead atoms. The van der Waals surface area contributed by atoms with Gasteiger partial charge in [-0.3, -0.25) is 4.99 Å². The molecule has 2 rings (SSSR count). The molecule has 0 fully saturated rings. The highest BCUT2D eigenvalue weighted by Gasteiger charge is 2.06. The van der Waals surface area contributed by atoms with Crippen LogP contribution in [0, 0.1) is 6.92 Å². The van der Waals surface area contributed by atoms with E-state index in [2.05, 4.69) is 27.5 Å². The average Bonchev–Trinajstić information content (AvgIpc) is 2.98. The fourth-order valence-electron chi connectivity index (χ4n) is 2.25. The zero-order valence-corrected chi connectivity index (χ0v) is 19.1. The molecule has 0 aliphatic carbocycles. The number of aryl methyl sites for hydroxylation is 1. The fraction of sp³-hybridized carbons (Fsp3) is 0.412. The number of hydrogen-bond acceptors (Lipinski definition) is 5. The Morgan fingerprint density at radius 1 is 1.15 bits per heavy atom. The summed E-state index contributed by atoms with van der Waals surface area (Å²) in [6.45, 7) is 3.54. The van der Waals surface area contributed by atoms with Crippen LogP contribution in [-0.4, -0.2) is 45.8 Å². The first-order valence-corrected chi connectivity index (χ1v) is 10.7. The third-order valence-corrected chi connectivity index (χ3v) is 5.68. The monoisotopic (exact) mass is 508 g/mol. The van der Waals surface area contributed by atoms with E-state index in [1.54, 1.807) is 30.5 Å². The lowest BCUT2D eigenvalue weighted by Gasteiger charge is -2.11. The molecule has 9 heteroatoms. The molecule has 0 atom stereocenters. The van der Waals surface area contributed by atoms with Crippen molar-refractivity contribution in [1.29, 1.82) is 0 Å². The maximum Gasteiger partial charge on any atom is 0.191 e. The van der Waals surface area contributed by atoms with Gasteiger partial charge in [0, 0.05) is 43.9 Å². The lowest BCUT2D eigenvalue weighted by atomic mass is 10.1. The first kappa shape index (κ1) is 22.8. The van der Waals surface area contributed by atoms with Crippen LogP contribution in [0.4, 0.5) is 0 Å². The van der Waals surface area contributed by atoms with Gasteiger partial charge in [0.2, 0.25) is 0 Å². The number of thiazole rings is 1. The number of aliphatic imine (C=N–C) groups is 1. The Hall–Kier alpha value is -1.20. The predicted molar refractivity (Wildman–Crippen MR) is 119 cm³/mol. The van der Waals surface area contributed by atoms with Crippen LogP contribution in [-0.2, 0) is 22.7 Å². The Bertz CT molecular complexity index is 818. The molecule has 26 heavy (non-hydrogen) atoms. The Morgan fingerprint density at radius 2 is 1.77 bits per heavy atom. The van der Waals surface area contributed by atoms with Crippen molar-refractivity contribution in [3.63, 3.8) is 0 Å². The van der Waals surface area contributed by atoms with Crippen LogP contribution in [0.25, 0.3) is 0 Å². The molecule has 1 aromatic heterocycles. The second kappa shape index (κ2) is 10.8. The maximum atomic E-state index is 11.5. The van der Waals surface area contributed by atoms with Gasteiger partial charge in [-0.05, 0) is 31.0 Å². The molecule has 0 radical (unpaired) electrons. The summed E-state index contributed by atoms with van der Waals surface area (Å²) in [4.78, 5) is 10.1. The van der Waals surface area contributed by atoms with Crippen molar-refractivity contribution in [3.05, 3.63) is 45.9 Å². The first-order valence-electron chi connectivity index (χ1n) is 8.03. The van der Waals surface area contributed by atoms with Crippen LogP contribution in [0.15, 0.2) is 40.4 Å². The smallest absolute Gasteiger partial charge is 0.191 e. The van der Waals surface area contributed by atoms with Crippen molar-refractivity contribution in [1.82, 2.24) is 15.6 Å². The van der Waals surface area contributed by atoms with Gasteiger partial charge in [-0.15, -0.1) is 35.3 Å². The first-order chi connectivity index (χ1) is 11.9. The number of guanidine groups is 1. The maximum absolute atomic E-state index is 11.5. The van der Waals surface area contributed by atoms with Gasteiger partial charge in [0.05, 0.1) is 9.90 Å². The van der Waals surface area contributed by atoms with E-state index in [0.717, 1.165) is 35.9 Å². The third kappa shape index (κ3) is 7.58. The summed E-state index contributed by atoms with van der Waals surface area (Å²) >= 11 is 1.71. The van der Waals surface area contributed by atoms with Gasteiger partial charge in [0.15, 0.2) is 15.8 Å². The standard InChI is InChI=1S/C17H24N4O2S2.HI/c1-13-12-21-16(24-13)9-11-20-17(18-2)19-10-8-14-4-6-15(7-5-14)25(3,22)23;/h4-7,12H,8-11H2,1-3H3,(H2,18,19,20);1H. The van der Waals surface area contributed by atoms with E-state index in [0.29, 0.717) is 11.4 Å². The molecule has 2 N–H and O–H groups in total. The fourth-order valence-corrected chi connectivity index (χ4v) is 3.67. The van der Waals surface area contributed by atoms with Crippen LogP contribution in [0.2, 0.25) is 0 Å². The number of rotatable bonds is 7. The van der Waals surface area contributed by atoms with Gasteiger partial charge < -0.3 is 10.6 Å². The zero-order chi connectivity index (χ0) is 18.3. The summed E-state index contributed by atoms with van der Waals surface area (Å²) in [5, 5.41) is 7.64. The van der Waals surface area contributed by atoms with Crippen molar-refractivity contribution in [2.75, 3.05) is 26.4 Å². The molecule has 0 spiro atoms.